The first-order valence-electron chi connectivity index (χ1n) is 8.07. The van der Waals surface area contributed by atoms with Crippen LogP contribution in [0.3, 0.4) is 0 Å². The summed E-state index contributed by atoms with van der Waals surface area (Å²) in [6.07, 6.45) is -1.64. The van der Waals surface area contributed by atoms with Crippen LogP contribution in [0.25, 0.3) is 0 Å². The van der Waals surface area contributed by atoms with E-state index in [4.69, 9.17) is 0 Å². The molecule has 0 aromatic heterocycles. The summed E-state index contributed by atoms with van der Waals surface area (Å²) in [5, 5.41) is 19.7. The van der Waals surface area contributed by atoms with Crippen molar-refractivity contribution in [3.63, 3.8) is 0 Å². The SMILES string of the molecule is CC1(C)C(=O)N(C(c2cccc(F)c2F)C(O)CO)c2c(F)cccc21. The fourth-order valence-corrected chi connectivity index (χ4v) is 3.41. The fourth-order valence-electron chi connectivity index (χ4n) is 3.41. The number of halogens is 3. The number of aliphatic hydroxyl groups is 2. The molecule has 1 aliphatic heterocycles. The van der Waals surface area contributed by atoms with Crippen molar-refractivity contribution in [2.45, 2.75) is 31.4 Å². The molecule has 0 saturated carbocycles. The Morgan fingerprint density at radius 1 is 1.08 bits per heavy atom. The van der Waals surface area contributed by atoms with E-state index in [9.17, 15) is 28.2 Å². The van der Waals surface area contributed by atoms with Crippen molar-refractivity contribution >= 4 is 11.6 Å². The van der Waals surface area contributed by atoms with Gasteiger partial charge in [-0.2, -0.15) is 0 Å². The topological polar surface area (TPSA) is 60.8 Å². The lowest BCUT2D eigenvalue weighted by Crippen LogP contribution is -2.44. The zero-order chi connectivity index (χ0) is 19.2. The van der Waals surface area contributed by atoms with E-state index in [1.54, 1.807) is 19.9 Å². The van der Waals surface area contributed by atoms with E-state index in [2.05, 4.69) is 0 Å². The van der Waals surface area contributed by atoms with Crippen LogP contribution in [-0.4, -0.2) is 28.8 Å². The van der Waals surface area contributed by atoms with Crippen LogP contribution in [0.1, 0.15) is 31.0 Å². The molecule has 2 aromatic rings. The molecule has 2 N–H and O–H groups in total. The highest BCUT2D eigenvalue weighted by atomic mass is 19.2. The zero-order valence-corrected chi connectivity index (χ0v) is 14.2. The second kappa shape index (κ2) is 6.41. The molecular formula is C19H18F3NO3. The number of nitrogens with zero attached hydrogens (tertiary/aromatic N) is 1. The van der Waals surface area contributed by atoms with Gasteiger partial charge in [-0.3, -0.25) is 9.69 Å². The largest absolute Gasteiger partial charge is 0.394 e. The number of anilines is 1. The molecule has 3 rings (SSSR count). The van der Waals surface area contributed by atoms with Crippen LogP contribution in [0, 0.1) is 17.5 Å². The van der Waals surface area contributed by atoms with Gasteiger partial charge < -0.3 is 10.2 Å². The molecule has 1 aliphatic rings. The van der Waals surface area contributed by atoms with Gasteiger partial charge in [0.05, 0.1) is 23.8 Å². The summed E-state index contributed by atoms with van der Waals surface area (Å²) < 4.78 is 42.7. The number of hydrogen-bond acceptors (Lipinski definition) is 3. The molecule has 26 heavy (non-hydrogen) atoms. The maximum Gasteiger partial charge on any atom is 0.237 e. The summed E-state index contributed by atoms with van der Waals surface area (Å²) in [6.45, 7) is 2.34. The second-order valence-electron chi connectivity index (χ2n) is 6.77. The molecule has 0 radical (unpaired) electrons. The van der Waals surface area contributed by atoms with E-state index in [1.807, 2.05) is 0 Å². The highest BCUT2D eigenvalue weighted by Gasteiger charge is 2.50. The predicted molar refractivity (Wildman–Crippen MR) is 89.1 cm³/mol. The highest BCUT2D eigenvalue weighted by Crippen LogP contribution is 2.47. The lowest BCUT2D eigenvalue weighted by atomic mass is 9.86. The lowest BCUT2D eigenvalue weighted by Gasteiger charge is -2.33. The van der Waals surface area contributed by atoms with Crippen LogP contribution < -0.4 is 4.90 Å². The summed E-state index contributed by atoms with van der Waals surface area (Å²) in [5.74, 6) is -3.75. The summed E-state index contributed by atoms with van der Waals surface area (Å²) in [5.41, 5.74) is -1.21. The fraction of sp³-hybridized carbons (Fsp3) is 0.316. The molecule has 2 atom stereocenters. The Bertz CT molecular complexity index is 869. The number of amides is 1. The Balaban J connectivity index is 2.27. The number of carbonyl (C=O) groups excluding carboxylic acids is 1. The normalized spacial score (nSPS) is 18.0. The van der Waals surface area contributed by atoms with E-state index >= 15 is 0 Å². The number of benzene rings is 2. The lowest BCUT2D eigenvalue weighted by molar-refractivity contribution is -0.123. The molecule has 2 aromatic carbocycles. The van der Waals surface area contributed by atoms with Crippen molar-refractivity contribution in [1.82, 2.24) is 0 Å². The van der Waals surface area contributed by atoms with Crippen molar-refractivity contribution in [2.24, 2.45) is 0 Å². The predicted octanol–water partition coefficient (Wildman–Crippen LogP) is 2.82. The smallest absolute Gasteiger partial charge is 0.237 e. The average Bonchev–Trinajstić information content (AvgIpc) is 2.81. The van der Waals surface area contributed by atoms with E-state index in [1.165, 1.54) is 18.2 Å². The van der Waals surface area contributed by atoms with Crippen LogP contribution in [0.4, 0.5) is 18.9 Å². The highest BCUT2D eigenvalue weighted by molar-refractivity contribution is 6.08. The van der Waals surface area contributed by atoms with Gasteiger partial charge in [-0.1, -0.05) is 24.3 Å². The van der Waals surface area contributed by atoms with E-state index in [0.717, 1.165) is 17.0 Å². The Morgan fingerprint density at radius 2 is 1.69 bits per heavy atom. The molecule has 1 amide bonds. The summed E-state index contributed by atoms with van der Waals surface area (Å²) in [7, 11) is 0. The molecule has 0 aliphatic carbocycles. The second-order valence-corrected chi connectivity index (χ2v) is 6.77. The van der Waals surface area contributed by atoms with E-state index < -0.39 is 47.5 Å². The molecule has 7 heteroatoms. The van der Waals surface area contributed by atoms with Gasteiger partial charge in [0.15, 0.2) is 11.6 Å². The molecule has 0 bridgehead atoms. The molecule has 4 nitrogen and oxygen atoms in total. The van der Waals surface area contributed by atoms with Gasteiger partial charge in [-0.05, 0) is 31.5 Å². The quantitative estimate of drug-likeness (QED) is 0.876. The van der Waals surface area contributed by atoms with Crippen LogP contribution in [0.2, 0.25) is 0 Å². The van der Waals surface area contributed by atoms with Crippen molar-refractivity contribution in [2.75, 3.05) is 11.5 Å². The maximum absolute atomic E-state index is 14.6. The monoisotopic (exact) mass is 365 g/mol. The summed E-state index contributed by atoms with van der Waals surface area (Å²) in [4.78, 5) is 13.9. The maximum atomic E-state index is 14.6. The van der Waals surface area contributed by atoms with Gasteiger partial charge >= 0.3 is 0 Å². The van der Waals surface area contributed by atoms with Crippen molar-refractivity contribution < 1.29 is 28.2 Å². The van der Waals surface area contributed by atoms with Crippen LogP contribution in [0.5, 0.6) is 0 Å². The summed E-state index contributed by atoms with van der Waals surface area (Å²) >= 11 is 0. The Hall–Kier alpha value is -2.38. The van der Waals surface area contributed by atoms with Gasteiger partial charge in [0.25, 0.3) is 0 Å². The Labute approximate surface area is 148 Å². The number of aliphatic hydroxyl groups excluding tert-OH is 2. The number of hydrogen-bond donors (Lipinski definition) is 2. The average molecular weight is 365 g/mol. The van der Waals surface area contributed by atoms with Crippen LogP contribution in [-0.2, 0) is 10.2 Å². The van der Waals surface area contributed by atoms with Crippen LogP contribution in [0.15, 0.2) is 36.4 Å². The molecular weight excluding hydrogens is 347 g/mol. The van der Waals surface area contributed by atoms with Gasteiger partial charge in [0.2, 0.25) is 5.91 Å². The molecule has 1 heterocycles. The third-order valence-electron chi connectivity index (χ3n) is 4.78. The first-order chi connectivity index (χ1) is 12.2. The summed E-state index contributed by atoms with van der Waals surface area (Å²) in [6, 6.07) is 5.99. The number of fused-ring (bicyclic) bond motifs is 1. The number of carbonyl (C=O) groups is 1. The van der Waals surface area contributed by atoms with Crippen molar-refractivity contribution in [3.8, 4) is 0 Å². The van der Waals surface area contributed by atoms with Gasteiger partial charge in [0, 0.05) is 5.56 Å². The van der Waals surface area contributed by atoms with Crippen molar-refractivity contribution in [1.29, 1.82) is 0 Å². The Morgan fingerprint density at radius 3 is 2.35 bits per heavy atom. The molecule has 138 valence electrons. The van der Waals surface area contributed by atoms with Crippen LogP contribution >= 0.6 is 0 Å². The minimum absolute atomic E-state index is 0.108. The minimum Gasteiger partial charge on any atom is -0.394 e. The van der Waals surface area contributed by atoms with E-state index in [0.29, 0.717) is 5.56 Å². The van der Waals surface area contributed by atoms with Gasteiger partial charge in [-0.15, -0.1) is 0 Å². The van der Waals surface area contributed by atoms with Gasteiger partial charge in [-0.25, -0.2) is 13.2 Å². The third-order valence-corrected chi connectivity index (χ3v) is 4.78. The van der Waals surface area contributed by atoms with Crippen molar-refractivity contribution in [3.05, 3.63) is 65.0 Å². The molecule has 0 saturated heterocycles. The van der Waals surface area contributed by atoms with Gasteiger partial charge in [0.1, 0.15) is 11.9 Å². The zero-order valence-electron chi connectivity index (χ0n) is 14.2. The number of para-hydroxylation sites is 1. The number of rotatable bonds is 4. The minimum atomic E-state index is -1.64. The third kappa shape index (κ3) is 2.59. The standard InChI is InChI=1S/C19H18F3NO3/c1-19(2)11-6-4-8-13(21)17(11)23(18(19)26)16(14(25)9-24)10-5-3-7-12(20)15(10)22/h3-8,14,16,24-25H,9H2,1-2H3. The van der Waals surface area contributed by atoms with E-state index in [-0.39, 0.29) is 11.3 Å². The first-order valence-corrected chi connectivity index (χ1v) is 8.07. The molecule has 0 fully saturated rings. The molecule has 2 unspecified atom stereocenters. The first kappa shape index (κ1) is 18.4. The Kier molecular flexibility index (Phi) is 4.54. The molecule has 0 spiro atoms.